The van der Waals surface area contributed by atoms with Crippen molar-refractivity contribution in [3.05, 3.63) is 64.3 Å². The number of nitrogens with zero attached hydrogens (tertiary/aromatic N) is 3. The van der Waals surface area contributed by atoms with Crippen LogP contribution in [0.25, 0.3) is 11.4 Å². The van der Waals surface area contributed by atoms with Gasteiger partial charge in [-0.1, -0.05) is 0 Å². The summed E-state index contributed by atoms with van der Waals surface area (Å²) in [6, 6.07) is 10.1. The summed E-state index contributed by atoms with van der Waals surface area (Å²) in [5.74, 6) is 1.26. The Morgan fingerprint density at radius 2 is 2.04 bits per heavy atom. The summed E-state index contributed by atoms with van der Waals surface area (Å²) < 4.78 is 7.40. The Labute approximate surface area is 142 Å². The third kappa shape index (κ3) is 3.07. The molecule has 2 N–H and O–H groups in total. The zero-order valence-corrected chi connectivity index (χ0v) is 13.2. The zero-order chi connectivity index (χ0) is 17.2. The zero-order valence-electron chi connectivity index (χ0n) is 13.2. The number of ether oxygens (including phenoxy) is 1. The van der Waals surface area contributed by atoms with Crippen LogP contribution >= 0.6 is 0 Å². The van der Waals surface area contributed by atoms with E-state index >= 15 is 0 Å². The highest BCUT2D eigenvalue weighted by Gasteiger charge is 2.17. The molecule has 4 rings (SSSR count). The molecule has 0 bridgehead atoms. The van der Waals surface area contributed by atoms with E-state index in [1.165, 1.54) is 12.3 Å². The smallest absolute Gasteiger partial charge is 0.255 e. The molecule has 1 aliphatic heterocycles. The SMILES string of the molecule is O=C(Nc1ccc(-c2nnc3n2CCOC3)cc1)c1cc[nH]c(=O)c1. The minimum atomic E-state index is -0.337. The second-order valence-corrected chi connectivity index (χ2v) is 5.62. The van der Waals surface area contributed by atoms with Crippen LogP contribution in [0.5, 0.6) is 0 Å². The summed E-state index contributed by atoms with van der Waals surface area (Å²) in [5, 5.41) is 11.1. The first-order valence-electron chi connectivity index (χ1n) is 7.81. The molecule has 0 radical (unpaired) electrons. The number of aromatic amines is 1. The van der Waals surface area contributed by atoms with Crippen molar-refractivity contribution in [3.63, 3.8) is 0 Å². The molecule has 3 aromatic rings. The molecule has 0 saturated carbocycles. The van der Waals surface area contributed by atoms with Gasteiger partial charge in [-0.25, -0.2) is 0 Å². The molecule has 25 heavy (non-hydrogen) atoms. The number of carbonyl (C=O) groups excluding carboxylic acids is 1. The quantitative estimate of drug-likeness (QED) is 0.752. The number of H-pyrrole nitrogens is 1. The number of carbonyl (C=O) groups is 1. The molecule has 1 aromatic carbocycles. The minimum absolute atomic E-state index is 0.305. The maximum atomic E-state index is 12.2. The molecule has 1 aliphatic rings. The van der Waals surface area contributed by atoms with Gasteiger partial charge in [-0.15, -0.1) is 10.2 Å². The predicted octanol–water partition coefficient (Wildman–Crippen LogP) is 1.42. The number of hydrogen-bond acceptors (Lipinski definition) is 5. The highest BCUT2D eigenvalue weighted by Crippen LogP contribution is 2.22. The highest BCUT2D eigenvalue weighted by atomic mass is 16.5. The summed E-state index contributed by atoms with van der Waals surface area (Å²) >= 11 is 0. The number of anilines is 1. The van der Waals surface area contributed by atoms with E-state index in [0.29, 0.717) is 24.5 Å². The molecular formula is C17H15N5O3. The van der Waals surface area contributed by atoms with Crippen molar-refractivity contribution < 1.29 is 9.53 Å². The maximum absolute atomic E-state index is 12.2. The molecule has 0 saturated heterocycles. The fraction of sp³-hybridized carbons (Fsp3) is 0.176. The Morgan fingerprint density at radius 3 is 2.84 bits per heavy atom. The lowest BCUT2D eigenvalue weighted by molar-refractivity contribution is 0.0821. The molecule has 0 fully saturated rings. The van der Waals surface area contributed by atoms with Crippen molar-refractivity contribution in [1.29, 1.82) is 0 Å². The maximum Gasteiger partial charge on any atom is 0.255 e. The van der Waals surface area contributed by atoms with E-state index in [1.807, 2.05) is 16.7 Å². The number of nitrogens with one attached hydrogen (secondary N) is 2. The van der Waals surface area contributed by atoms with Crippen LogP contribution in [0.15, 0.2) is 47.4 Å². The normalized spacial score (nSPS) is 13.3. The molecule has 0 unspecified atom stereocenters. The number of amides is 1. The average molecular weight is 337 g/mol. The summed E-state index contributed by atoms with van der Waals surface area (Å²) in [7, 11) is 0. The van der Waals surface area contributed by atoms with E-state index in [0.717, 1.165) is 23.8 Å². The molecule has 2 aromatic heterocycles. The van der Waals surface area contributed by atoms with Crippen LogP contribution in [0, 0.1) is 0 Å². The first-order chi connectivity index (χ1) is 12.2. The molecule has 0 spiro atoms. The van der Waals surface area contributed by atoms with Crippen LogP contribution in [-0.4, -0.2) is 32.3 Å². The monoisotopic (exact) mass is 337 g/mol. The van der Waals surface area contributed by atoms with Crippen molar-refractivity contribution in [1.82, 2.24) is 19.7 Å². The summed E-state index contributed by atoms with van der Waals surface area (Å²) in [6.45, 7) is 1.83. The van der Waals surface area contributed by atoms with Gasteiger partial charge in [0.15, 0.2) is 11.6 Å². The number of rotatable bonds is 3. The third-order valence-electron chi connectivity index (χ3n) is 3.96. The summed E-state index contributed by atoms with van der Waals surface area (Å²) in [6.07, 6.45) is 1.44. The van der Waals surface area contributed by atoms with Crippen LogP contribution in [0.4, 0.5) is 5.69 Å². The Morgan fingerprint density at radius 1 is 1.20 bits per heavy atom. The summed E-state index contributed by atoms with van der Waals surface area (Å²) in [4.78, 5) is 25.9. The fourth-order valence-electron chi connectivity index (χ4n) is 2.70. The Balaban J connectivity index is 1.53. The number of pyridine rings is 1. The van der Waals surface area contributed by atoms with Crippen molar-refractivity contribution >= 4 is 11.6 Å². The fourth-order valence-corrected chi connectivity index (χ4v) is 2.70. The predicted molar refractivity (Wildman–Crippen MR) is 90.1 cm³/mol. The second-order valence-electron chi connectivity index (χ2n) is 5.62. The van der Waals surface area contributed by atoms with Gasteiger partial charge in [0, 0.05) is 35.6 Å². The van der Waals surface area contributed by atoms with Crippen molar-refractivity contribution in [3.8, 4) is 11.4 Å². The number of aromatic nitrogens is 4. The van der Waals surface area contributed by atoms with Gasteiger partial charge in [0.2, 0.25) is 5.56 Å². The highest BCUT2D eigenvalue weighted by molar-refractivity contribution is 6.04. The molecule has 126 valence electrons. The van der Waals surface area contributed by atoms with E-state index in [2.05, 4.69) is 20.5 Å². The van der Waals surface area contributed by atoms with Gasteiger partial charge >= 0.3 is 0 Å². The van der Waals surface area contributed by atoms with Crippen LogP contribution in [0.1, 0.15) is 16.2 Å². The molecule has 0 aliphatic carbocycles. The number of fused-ring (bicyclic) bond motifs is 1. The third-order valence-corrected chi connectivity index (χ3v) is 3.96. The van der Waals surface area contributed by atoms with Crippen molar-refractivity contribution in [2.24, 2.45) is 0 Å². The molecule has 8 nitrogen and oxygen atoms in total. The van der Waals surface area contributed by atoms with Crippen LogP contribution in [-0.2, 0) is 17.9 Å². The average Bonchev–Trinajstić information content (AvgIpc) is 3.06. The minimum Gasteiger partial charge on any atom is -0.372 e. The molecule has 0 atom stereocenters. The molecule has 1 amide bonds. The lowest BCUT2D eigenvalue weighted by atomic mass is 10.2. The van der Waals surface area contributed by atoms with Crippen molar-refractivity contribution in [2.75, 3.05) is 11.9 Å². The lowest BCUT2D eigenvalue weighted by Gasteiger charge is -2.15. The van der Waals surface area contributed by atoms with Gasteiger partial charge < -0.3 is 19.6 Å². The standard InChI is InChI=1S/C17H15N5O3/c23-15-9-12(5-6-18-15)17(24)19-13-3-1-11(2-4-13)16-21-20-14-10-25-8-7-22(14)16/h1-6,9H,7-8,10H2,(H,18,23)(H,19,24). The lowest BCUT2D eigenvalue weighted by Crippen LogP contribution is -2.17. The number of benzene rings is 1. The van der Waals surface area contributed by atoms with Crippen LogP contribution in [0.2, 0.25) is 0 Å². The topological polar surface area (TPSA) is 102 Å². The van der Waals surface area contributed by atoms with Gasteiger partial charge in [-0.05, 0) is 30.3 Å². The number of hydrogen-bond donors (Lipinski definition) is 2. The largest absolute Gasteiger partial charge is 0.372 e. The van der Waals surface area contributed by atoms with Crippen LogP contribution < -0.4 is 10.9 Å². The van der Waals surface area contributed by atoms with Gasteiger partial charge in [-0.3, -0.25) is 9.59 Å². The van der Waals surface area contributed by atoms with E-state index < -0.39 is 0 Å². The first kappa shape index (κ1) is 15.3. The van der Waals surface area contributed by atoms with E-state index in [9.17, 15) is 9.59 Å². The van der Waals surface area contributed by atoms with Gasteiger partial charge in [0.1, 0.15) is 6.61 Å². The molecule has 8 heteroatoms. The molecular weight excluding hydrogens is 322 g/mol. The van der Waals surface area contributed by atoms with Gasteiger partial charge in [0.25, 0.3) is 5.91 Å². The van der Waals surface area contributed by atoms with E-state index in [1.54, 1.807) is 18.2 Å². The Hall–Kier alpha value is -3.26. The first-order valence-corrected chi connectivity index (χ1v) is 7.81. The van der Waals surface area contributed by atoms with Gasteiger partial charge in [-0.2, -0.15) is 0 Å². The second kappa shape index (κ2) is 6.33. The van der Waals surface area contributed by atoms with E-state index in [-0.39, 0.29) is 11.5 Å². The van der Waals surface area contributed by atoms with Crippen LogP contribution in [0.3, 0.4) is 0 Å². The van der Waals surface area contributed by atoms with E-state index in [4.69, 9.17) is 4.74 Å². The molecule has 3 heterocycles. The van der Waals surface area contributed by atoms with Gasteiger partial charge in [0.05, 0.1) is 6.61 Å². The Bertz CT molecular complexity index is 974. The Kier molecular flexibility index (Phi) is 3.87. The van der Waals surface area contributed by atoms with Crippen molar-refractivity contribution in [2.45, 2.75) is 13.2 Å². The summed E-state index contributed by atoms with van der Waals surface area (Å²) in [5.41, 5.74) is 1.54.